The lowest BCUT2D eigenvalue weighted by Crippen LogP contribution is -2.47. The molecule has 0 spiro atoms. The van der Waals surface area contributed by atoms with E-state index < -0.39 is 54.1 Å². The third-order valence-electron chi connectivity index (χ3n) is 4.54. The molecule has 0 amide bonds. The summed E-state index contributed by atoms with van der Waals surface area (Å²) in [6, 6.07) is 2.23. The summed E-state index contributed by atoms with van der Waals surface area (Å²) in [6.45, 7) is 6.34. The molecule has 0 aliphatic heterocycles. The monoisotopic (exact) mass is 452 g/mol. The normalized spacial score (nSPS) is 15.8. The summed E-state index contributed by atoms with van der Waals surface area (Å²) in [4.78, 5) is 47.4. The molecular weight excluding hydrogens is 420 g/mol. The molecule has 0 saturated heterocycles. The summed E-state index contributed by atoms with van der Waals surface area (Å²) in [7, 11) is 0. The van der Waals surface area contributed by atoms with Crippen molar-refractivity contribution in [2.45, 2.75) is 64.4 Å². The van der Waals surface area contributed by atoms with E-state index in [1.54, 1.807) is 24.3 Å². The molecule has 1 aromatic rings. The van der Waals surface area contributed by atoms with E-state index >= 15 is 0 Å². The second-order valence-corrected chi connectivity index (χ2v) is 7.84. The zero-order chi connectivity index (χ0) is 24.6. The first-order valence-corrected chi connectivity index (χ1v) is 10.1. The molecule has 11 heteroatoms. The summed E-state index contributed by atoms with van der Waals surface area (Å²) in [5, 5.41) is 0. The summed E-state index contributed by atoms with van der Waals surface area (Å²) in [5.74, 6) is -3.10. The predicted octanol–water partition coefficient (Wildman–Crippen LogP) is -0.879. The van der Waals surface area contributed by atoms with Crippen LogP contribution < -0.4 is 27.7 Å². The summed E-state index contributed by atoms with van der Waals surface area (Å²) in [6.07, 6.45) is -0.970. The van der Waals surface area contributed by atoms with Crippen molar-refractivity contribution in [3.8, 4) is 5.75 Å². The van der Waals surface area contributed by atoms with E-state index in [-0.39, 0.29) is 12.3 Å². The fourth-order valence-corrected chi connectivity index (χ4v) is 2.28. The average molecular weight is 453 g/mol. The first-order chi connectivity index (χ1) is 14.8. The van der Waals surface area contributed by atoms with E-state index in [2.05, 4.69) is 4.74 Å². The minimum Gasteiger partial charge on any atom is -0.459 e. The van der Waals surface area contributed by atoms with E-state index in [0.717, 1.165) is 0 Å². The van der Waals surface area contributed by atoms with E-state index in [9.17, 15) is 19.2 Å². The van der Waals surface area contributed by atoms with Crippen LogP contribution in [0.4, 0.5) is 0 Å². The lowest BCUT2D eigenvalue weighted by molar-refractivity contribution is -0.165. The third-order valence-corrected chi connectivity index (χ3v) is 4.54. The van der Waals surface area contributed by atoms with Crippen LogP contribution in [0.3, 0.4) is 0 Å². The standard InChI is InChI=1S/C21H32N4O7/c1-10(2)16(24)20(28)31-14-7-5-13(6-8-14)9-15(23)19(27)30-12(4)17(25)21(29)32-18(26)11(3)22/h5-8,10-12,15-17H,9,22-25H2,1-4H3/t11-,12+,15-,16-,17-/m0/s1. The van der Waals surface area contributed by atoms with Crippen LogP contribution in [-0.2, 0) is 35.1 Å². The maximum atomic E-state index is 12.2. The topological polar surface area (TPSA) is 200 Å². The molecule has 11 nitrogen and oxygen atoms in total. The molecule has 0 radical (unpaired) electrons. The molecule has 32 heavy (non-hydrogen) atoms. The summed E-state index contributed by atoms with van der Waals surface area (Å²) in [5.41, 5.74) is 23.3. The van der Waals surface area contributed by atoms with E-state index in [0.29, 0.717) is 11.3 Å². The maximum absolute atomic E-state index is 12.2. The van der Waals surface area contributed by atoms with Crippen LogP contribution in [0.5, 0.6) is 5.75 Å². The van der Waals surface area contributed by atoms with Crippen LogP contribution in [0, 0.1) is 5.92 Å². The van der Waals surface area contributed by atoms with Crippen LogP contribution in [-0.4, -0.2) is 54.1 Å². The van der Waals surface area contributed by atoms with Gasteiger partial charge in [0.25, 0.3) is 0 Å². The van der Waals surface area contributed by atoms with Gasteiger partial charge in [-0.15, -0.1) is 0 Å². The number of hydrogen-bond donors (Lipinski definition) is 4. The first-order valence-electron chi connectivity index (χ1n) is 10.1. The van der Waals surface area contributed by atoms with Crippen molar-refractivity contribution in [3.63, 3.8) is 0 Å². The molecular formula is C21H32N4O7. The molecule has 0 bridgehead atoms. The number of benzene rings is 1. The van der Waals surface area contributed by atoms with Gasteiger partial charge in [-0.05, 0) is 43.9 Å². The lowest BCUT2D eigenvalue weighted by atomic mass is 10.1. The zero-order valence-electron chi connectivity index (χ0n) is 18.6. The highest BCUT2D eigenvalue weighted by Crippen LogP contribution is 2.15. The van der Waals surface area contributed by atoms with Crippen LogP contribution in [0.1, 0.15) is 33.3 Å². The molecule has 0 aromatic heterocycles. The van der Waals surface area contributed by atoms with Crippen molar-refractivity contribution in [1.29, 1.82) is 0 Å². The van der Waals surface area contributed by atoms with Gasteiger partial charge in [0.1, 0.15) is 36.0 Å². The van der Waals surface area contributed by atoms with Crippen molar-refractivity contribution < 1.29 is 33.4 Å². The molecule has 1 rings (SSSR count). The number of rotatable bonds is 10. The van der Waals surface area contributed by atoms with Crippen molar-refractivity contribution in [1.82, 2.24) is 0 Å². The van der Waals surface area contributed by atoms with E-state index in [1.165, 1.54) is 13.8 Å². The number of carbonyl (C=O) groups excluding carboxylic acids is 4. The molecule has 5 atom stereocenters. The maximum Gasteiger partial charge on any atom is 0.334 e. The smallest absolute Gasteiger partial charge is 0.334 e. The second kappa shape index (κ2) is 12.2. The zero-order valence-corrected chi connectivity index (χ0v) is 18.6. The van der Waals surface area contributed by atoms with Gasteiger partial charge in [-0.25, -0.2) is 14.4 Å². The molecule has 0 aliphatic rings. The Morgan fingerprint density at radius 2 is 1.34 bits per heavy atom. The highest BCUT2D eigenvalue weighted by Gasteiger charge is 2.30. The Balaban J connectivity index is 2.60. The highest BCUT2D eigenvalue weighted by atomic mass is 16.6. The molecule has 0 unspecified atom stereocenters. The number of nitrogens with two attached hydrogens (primary N) is 4. The van der Waals surface area contributed by atoms with E-state index in [4.69, 9.17) is 32.4 Å². The van der Waals surface area contributed by atoms with Gasteiger partial charge in [0, 0.05) is 0 Å². The third kappa shape index (κ3) is 8.35. The first kappa shape index (κ1) is 27.2. The van der Waals surface area contributed by atoms with E-state index in [1.807, 2.05) is 13.8 Å². The molecule has 0 aliphatic carbocycles. The van der Waals surface area contributed by atoms with Crippen molar-refractivity contribution in [2.24, 2.45) is 28.9 Å². The minimum absolute atomic E-state index is 0.0622. The van der Waals surface area contributed by atoms with Gasteiger partial charge in [0.05, 0.1) is 0 Å². The van der Waals surface area contributed by atoms with Crippen molar-refractivity contribution in [2.75, 3.05) is 0 Å². The molecule has 0 heterocycles. The largest absolute Gasteiger partial charge is 0.459 e. The fraction of sp³-hybridized carbons (Fsp3) is 0.524. The van der Waals surface area contributed by atoms with Gasteiger partial charge < -0.3 is 37.1 Å². The number of hydrogen-bond acceptors (Lipinski definition) is 11. The number of esters is 4. The SMILES string of the molecule is CC(C)[C@H](N)C(=O)Oc1ccc(C[C@H](N)C(=O)O[C@H](C)[C@H](N)C(=O)OC(=O)[C@H](C)N)cc1. The summed E-state index contributed by atoms with van der Waals surface area (Å²) < 4.78 is 14.8. The van der Waals surface area contributed by atoms with Crippen LogP contribution in [0.2, 0.25) is 0 Å². The lowest BCUT2D eigenvalue weighted by Gasteiger charge is -2.21. The predicted molar refractivity (Wildman–Crippen MR) is 115 cm³/mol. The molecule has 0 fully saturated rings. The van der Waals surface area contributed by atoms with Crippen LogP contribution in [0.25, 0.3) is 0 Å². The highest BCUT2D eigenvalue weighted by molar-refractivity contribution is 5.91. The van der Waals surface area contributed by atoms with Gasteiger partial charge in [-0.2, -0.15) is 0 Å². The Bertz CT molecular complexity index is 811. The second-order valence-electron chi connectivity index (χ2n) is 7.84. The van der Waals surface area contributed by atoms with Gasteiger partial charge in [0.15, 0.2) is 0 Å². The number of ether oxygens (including phenoxy) is 3. The fourth-order valence-electron chi connectivity index (χ4n) is 2.28. The minimum atomic E-state index is -1.39. The van der Waals surface area contributed by atoms with Gasteiger partial charge >= 0.3 is 23.9 Å². The van der Waals surface area contributed by atoms with Crippen LogP contribution in [0.15, 0.2) is 24.3 Å². The van der Waals surface area contributed by atoms with Gasteiger partial charge in [-0.1, -0.05) is 26.0 Å². The molecule has 0 saturated carbocycles. The Morgan fingerprint density at radius 3 is 1.84 bits per heavy atom. The molecule has 178 valence electrons. The van der Waals surface area contributed by atoms with Crippen molar-refractivity contribution >= 4 is 23.9 Å². The van der Waals surface area contributed by atoms with Gasteiger partial charge in [-0.3, -0.25) is 4.79 Å². The Hall–Kier alpha value is -2.86. The van der Waals surface area contributed by atoms with Crippen molar-refractivity contribution in [3.05, 3.63) is 29.8 Å². The van der Waals surface area contributed by atoms with Crippen LogP contribution >= 0.6 is 0 Å². The molecule has 1 aromatic carbocycles. The summed E-state index contributed by atoms with van der Waals surface area (Å²) >= 11 is 0. The Labute approximate surface area is 186 Å². The quantitative estimate of drug-likeness (QED) is 0.195. The van der Waals surface area contributed by atoms with Gasteiger partial charge in [0.2, 0.25) is 0 Å². The number of carbonyl (C=O) groups is 4. The average Bonchev–Trinajstić information content (AvgIpc) is 2.73. The Morgan fingerprint density at radius 1 is 0.781 bits per heavy atom. The molecule has 8 N–H and O–H groups in total. The Kier molecular flexibility index (Phi) is 10.4.